The van der Waals surface area contributed by atoms with Crippen molar-refractivity contribution in [3.63, 3.8) is 0 Å². The van der Waals surface area contributed by atoms with E-state index in [0.717, 1.165) is 0 Å². The van der Waals surface area contributed by atoms with Crippen LogP contribution in [0.25, 0.3) is 5.69 Å². The summed E-state index contributed by atoms with van der Waals surface area (Å²) in [5, 5.41) is 2.18. The summed E-state index contributed by atoms with van der Waals surface area (Å²) < 4.78 is 68.2. The van der Waals surface area contributed by atoms with Crippen LogP contribution in [0.4, 0.5) is 22.0 Å². The number of aryl methyl sites for hydroxylation is 2. The molecule has 10 heteroatoms. The summed E-state index contributed by atoms with van der Waals surface area (Å²) in [6, 6.07) is 2.71. The Morgan fingerprint density at radius 1 is 1.00 bits per heavy atom. The number of aromatic nitrogens is 3. The number of aromatic amines is 1. The molecule has 3 rings (SSSR count). The first-order chi connectivity index (χ1) is 12.6. The lowest BCUT2D eigenvalue weighted by Crippen LogP contribution is -2.24. The number of ketones is 1. The van der Waals surface area contributed by atoms with Crippen LogP contribution in [-0.2, 0) is 0 Å². The van der Waals surface area contributed by atoms with Crippen LogP contribution in [0.2, 0.25) is 0 Å². The van der Waals surface area contributed by atoms with E-state index in [4.69, 9.17) is 0 Å². The van der Waals surface area contributed by atoms with Crippen molar-refractivity contribution in [2.45, 2.75) is 13.8 Å². The minimum Gasteiger partial charge on any atom is -0.294 e. The third-order valence-electron chi connectivity index (χ3n) is 3.87. The number of hydrogen-bond donors (Lipinski definition) is 1. The fourth-order valence-corrected chi connectivity index (χ4v) is 2.59. The minimum absolute atomic E-state index is 0.0752. The van der Waals surface area contributed by atoms with Gasteiger partial charge in [-0.05, 0) is 26.0 Å². The summed E-state index contributed by atoms with van der Waals surface area (Å²) >= 11 is 0. The summed E-state index contributed by atoms with van der Waals surface area (Å²) in [6.07, 6.45) is 1.33. The predicted octanol–water partition coefficient (Wildman–Crippen LogP) is 3.10. The molecule has 1 aromatic carbocycles. The molecule has 140 valence electrons. The molecule has 2 heterocycles. The highest BCUT2D eigenvalue weighted by molar-refractivity contribution is 6.09. The Balaban J connectivity index is 2.25. The number of nitrogens with one attached hydrogen (secondary N) is 1. The van der Waals surface area contributed by atoms with Crippen molar-refractivity contribution in [3.8, 4) is 5.69 Å². The van der Waals surface area contributed by atoms with Crippen LogP contribution < -0.4 is 5.56 Å². The molecule has 0 saturated heterocycles. The van der Waals surface area contributed by atoms with Gasteiger partial charge in [0.2, 0.25) is 11.6 Å². The largest absolute Gasteiger partial charge is 0.294 e. The monoisotopic (exact) mass is 383 g/mol. The van der Waals surface area contributed by atoms with Gasteiger partial charge in [-0.3, -0.25) is 19.7 Å². The SMILES string of the molecule is Cc1cc(C(=O)c2c(C)[nH]n(-c3c(F)c(F)c(F)c(F)c3F)c2=O)ccn1. The second-order valence-corrected chi connectivity index (χ2v) is 5.69. The van der Waals surface area contributed by atoms with Gasteiger partial charge in [0.1, 0.15) is 11.3 Å². The van der Waals surface area contributed by atoms with E-state index < -0.39 is 51.7 Å². The molecule has 5 nitrogen and oxygen atoms in total. The number of H-pyrrole nitrogens is 1. The van der Waals surface area contributed by atoms with Gasteiger partial charge >= 0.3 is 0 Å². The van der Waals surface area contributed by atoms with Crippen LogP contribution in [0.15, 0.2) is 23.1 Å². The lowest BCUT2D eigenvalue weighted by atomic mass is 10.0. The second kappa shape index (κ2) is 6.45. The molecule has 0 spiro atoms. The van der Waals surface area contributed by atoms with Crippen molar-refractivity contribution in [2.24, 2.45) is 0 Å². The number of hydrogen-bond acceptors (Lipinski definition) is 3. The van der Waals surface area contributed by atoms with Crippen molar-refractivity contribution >= 4 is 5.78 Å². The van der Waals surface area contributed by atoms with E-state index in [1.807, 2.05) is 0 Å². The van der Waals surface area contributed by atoms with Gasteiger partial charge in [0.25, 0.3) is 5.56 Å². The van der Waals surface area contributed by atoms with Gasteiger partial charge in [0, 0.05) is 23.1 Å². The molecule has 0 bridgehead atoms. The van der Waals surface area contributed by atoms with Gasteiger partial charge < -0.3 is 0 Å². The van der Waals surface area contributed by atoms with Gasteiger partial charge in [-0.2, -0.15) is 0 Å². The van der Waals surface area contributed by atoms with E-state index in [1.54, 1.807) is 6.92 Å². The molecule has 0 aliphatic carbocycles. The zero-order valence-corrected chi connectivity index (χ0v) is 13.8. The van der Waals surface area contributed by atoms with E-state index in [9.17, 15) is 31.5 Å². The number of carbonyl (C=O) groups excluding carboxylic acids is 1. The van der Waals surface area contributed by atoms with E-state index in [0.29, 0.717) is 5.69 Å². The summed E-state index contributed by atoms with van der Waals surface area (Å²) in [4.78, 5) is 29.0. The molecular weight excluding hydrogens is 373 g/mol. The molecule has 0 aliphatic heterocycles. The van der Waals surface area contributed by atoms with Crippen molar-refractivity contribution in [2.75, 3.05) is 0 Å². The van der Waals surface area contributed by atoms with Crippen molar-refractivity contribution in [1.29, 1.82) is 0 Å². The van der Waals surface area contributed by atoms with Crippen LogP contribution in [0.3, 0.4) is 0 Å². The Labute approximate surface area is 148 Å². The number of benzene rings is 1. The highest BCUT2D eigenvalue weighted by Gasteiger charge is 2.30. The average Bonchev–Trinajstić information content (AvgIpc) is 2.92. The van der Waals surface area contributed by atoms with Gasteiger partial charge in [0.15, 0.2) is 23.3 Å². The number of pyridine rings is 1. The Bertz CT molecular complexity index is 1120. The van der Waals surface area contributed by atoms with E-state index in [2.05, 4.69) is 10.1 Å². The maximum absolute atomic E-state index is 14.0. The van der Waals surface area contributed by atoms with Crippen LogP contribution in [0.5, 0.6) is 0 Å². The molecule has 0 radical (unpaired) electrons. The Morgan fingerprint density at radius 3 is 2.11 bits per heavy atom. The first kappa shape index (κ1) is 18.5. The summed E-state index contributed by atoms with van der Waals surface area (Å²) in [6.45, 7) is 2.86. The minimum atomic E-state index is -2.35. The molecule has 0 saturated carbocycles. The summed E-state index contributed by atoms with van der Waals surface area (Å²) in [7, 11) is 0. The molecular formula is C17H10F5N3O2. The molecule has 1 N–H and O–H groups in total. The van der Waals surface area contributed by atoms with Crippen molar-refractivity contribution in [3.05, 3.63) is 80.3 Å². The summed E-state index contributed by atoms with van der Waals surface area (Å²) in [5.74, 6) is -12.0. The number of nitrogens with zero attached hydrogens (tertiary/aromatic N) is 2. The smallest absolute Gasteiger partial charge is 0.282 e. The lowest BCUT2D eigenvalue weighted by molar-refractivity contribution is 0.103. The number of halogens is 5. The molecule has 0 fully saturated rings. The fourth-order valence-electron chi connectivity index (χ4n) is 2.59. The Kier molecular flexibility index (Phi) is 4.42. The average molecular weight is 383 g/mol. The van der Waals surface area contributed by atoms with Gasteiger partial charge in [-0.15, -0.1) is 0 Å². The first-order valence-electron chi connectivity index (χ1n) is 7.46. The third kappa shape index (κ3) is 2.82. The fraction of sp³-hybridized carbons (Fsp3) is 0.118. The topological polar surface area (TPSA) is 67.8 Å². The van der Waals surface area contributed by atoms with Gasteiger partial charge in [0.05, 0.1) is 0 Å². The van der Waals surface area contributed by atoms with E-state index in [1.165, 1.54) is 25.3 Å². The van der Waals surface area contributed by atoms with E-state index >= 15 is 0 Å². The van der Waals surface area contributed by atoms with Gasteiger partial charge in [-0.25, -0.2) is 26.6 Å². The van der Waals surface area contributed by atoms with Crippen LogP contribution in [0, 0.1) is 42.9 Å². The molecule has 0 aliphatic rings. The first-order valence-corrected chi connectivity index (χ1v) is 7.46. The maximum atomic E-state index is 14.0. The Morgan fingerprint density at radius 2 is 1.56 bits per heavy atom. The zero-order valence-electron chi connectivity index (χ0n) is 13.8. The van der Waals surface area contributed by atoms with E-state index in [-0.39, 0.29) is 15.9 Å². The number of rotatable bonds is 3. The van der Waals surface area contributed by atoms with Crippen molar-refractivity contribution in [1.82, 2.24) is 14.8 Å². The maximum Gasteiger partial charge on any atom is 0.282 e. The standard InChI is InChI=1S/C17H10F5N3O2/c1-6-5-8(3-4-23-6)16(26)9-7(2)24-25(17(9)27)15-13(21)11(19)10(18)12(20)14(15)22/h3-5,24H,1-2H3. The predicted molar refractivity (Wildman–Crippen MR) is 83.3 cm³/mol. The zero-order chi connectivity index (χ0) is 20.0. The molecule has 3 aromatic rings. The quantitative estimate of drug-likeness (QED) is 0.327. The molecule has 0 atom stereocenters. The molecule has 0 amide bonds. The second-order valence-electron chi connectivity index (χ2n) is 5.69. The summed E-state index contributed by atoms with van der Waals surface area (Å²) in [5.41, 5.74) is -2.80. The number of carbonyl (C=O) groups is 1. The van der Waals surface area contributed by atoms with Gasteiger partial charge in [-0.1, -0.05) is 0 Å². The highest BCUT2D eigenvalue weighted by Crippen LogP contribution is 2.25. The van der Waals surface area contributed by atoms with Crippen LogP contribution >= 0.6 is 0 Å². The molecule has 27 heavy (non-hydrogen) atoms. The van der Waals surface area contributed by atoms with Crippen molar-refractivity contribution < 1.29 is 26.7 Å². The normalized spacial score (nSPS) is 11.1. The third-order valence-corrected chi connectivity index (χ3v) is 3.87. The highest BCUT2D eigenvalue weighted by atomic mass is 19.2. The molecule has 0 unspecified atom stereocenters. The van der Waals surface area contributed by atoms with Crippen LogP contribution in [0.1, 0.15) is 27.3 Å². The Hall–Kier alpha value is -3.30. The van der Waals surface area contributed by atoms with Crippen LogP contribution in [-0.4, -0.2) is 20.5 Å². The lowest BCUT2D eigenvalue weighted by Gasteiger charge is -2.08. The molecule has 2 aromatic heterocycles.